The van der Waals surface area contributed by atoms with Gasteiger partial charge in [0.15, 0.2) is 0 Å². The highest BCUT2D eigenvalue weighted by molar-refractivity contribution is 9.10. The second-order valence-electron chi connectivity index (χ2n) is 5.61. The zero-order valence-corrected chi connectivity index (χ0v) is 15.5. The maximum absolute atomic E-state index is 4.82. The number of thiazole rings is 1. The van der Waals surface area contributed by atoms with E-state index >= 15 is 0 Å². The lowest BCUT2D eigenvalue weighted by atomic mass is 10.1. The molecule has 0 aliphatic rings. The van der Waals surface area contributed by atoms with Crippen LogP contribution in [-0.4, -0.2) is 9.97 Å². The lowest BCUT2D eigenvalue weighted by molar-refractivity contribution is 1.37. The Labute approximate surface area is 152 Å². The van der Waals surface area contributed by atoms with E-state index in [4.69, 9.17) is 4.98 Å². The maximum Gasteiger partial charge on any atom is 0.124 e. The normalized spacial score (nSPS) is 12.2. The lowest BCUT2D eigenvalue weighted by Gasteiger charge is -1.98. The lowest BCUT2D eigenvalue weighted by Crippen LogP contribution is -2.19. The predicted octanol–water partition coefficient (Wildman–Crippen LogP) is 4.93. The molecule has 4 aromatic rings. The highest BCUT2D eigenvalue weighted by atomic mass is 79.9. The summed E-state index contributed by atoms with van der Waals surface area (Å²) in [6.07, 6.45) is 2.10. The van der Waals surface area contributed by atoms with Crippen molar-refractivity contribution < 1.29 is 0 Å². The number of hydrogen-bond donors (Lipinski definition) is 1. The minimum atomic E-state index is 0.957. The molecule has 0 atom stereocenters. The molecule has 0 unspecified atom stereocenters. The van der Waals surface area contributed by atoms with Crippen LogP contribution in [-0.2, 0) is 0 Å². The third kappa shape index (κ3) is 2.62. The second kappa shape index (κ2) is 6.04. The molecule has 1 N–H and O–H groups in total. The molecule has 4 heteroatoms. The SMILES string of the molecule is C=c1[nH]c2ccc(-c3csc(-c4ccc(Br)cc4)n3)cc2c1=CC. The summed E-state index contributed by atoms with van der Waals surface area (Å²) in [5.41, 5.74) is 4.39. The van der Waals surface area contributed by atoms with Crippen LogP contribution in [0.1, 0.15) is 6.92 Å². The molecule has 2 nitrogen and oxygen atoms in total. The minimum Gasteiger partial charge on any atom is -0.355 e. The largest absolute Gasteiger partial charge is 0.355 e. The monoisotopic (exact) mass is 394 g/mol. The molecular formula is C20H15BrN2S. The third-order valence-electron chi connectivity index (χ3n) is 4.10. The van der Waals surface area contributed by atoms with Crippen LogP contribution in [0.4, 0.5) is 0 Å². The Hall–Kier alpha value is -2.17. The summed E-state index contributed by atoms with van der Waals surface area (Å²) >= 11 is 5.14. The van der Waals surface area contributed by atoms with E-state index in [1.54, 1.807) is 11.3 Å². The zero-order valence-electron chi connectivity index (χ0n) is 13.1. The van der Waals surface area contributed by atoms with E-state index in [2.05, 4.69) is 69.3 Å². The van der Waals surface area contributed by atoms with E-state index in [1.165, 1.54) is 5.39 Å². The van der Waals surface area contributed by atoms with Crippen molar-refractivity contribution in [3.8, 4) is 21.8 Å². The molecule has 0 aliphatic heterocycles. The number of aromatic nitrogens is 2. The van der Waals surface area contributed by atoms with Gasteiger partial charge >= 0.3 is 0 Å². The number of fused-ring (bicyclic) bond motifs is 1. The van der Waals surface area contributed by atoms with Crippen molar-refractivity contribution in [3.63, 3.8) is 0 Å². The average Bonchev–Trinajstić information content (AvgIpc) is 3.18. The molecule has 4 rings (SSSR count). The van der Waals surface area contributed by atoms with Crippen LogP contribution in [0.5, 0.6) is 0 Å². The van der Waals surface area contributed by atoms with Gasteiger partial charge in [-0.1, -0.05) is 46.8 Å². The van der Waals surface area contributed by atoms with Crippen molar-refractivity contribution in [3.05, 3.63) is 62.9 Å². The van der Waals surface area contributed by atoms with Crippen LogP contribution in [0.2, 0.25) is 0 Å². The molecule has 24 heavy (non-hydrogen) atoms. The number of halogens is 1. The minimum absolute atomic E-state index is 0.957. The predicted molar refractivity (Wildman–Crippen MR) is 107 cm³/mol. The van der Waals surface area contributed by atoms with E-state index in [0.29, 0.717) is 0 Å². The van der Waals surface area contributed by atoms with Gasteiger partial charge in [-0.05, 0) is 31.2 Å². The molecular weight excluding hydrogens is 380 g/mol. The van der Waals surface area contributed by atoms with Crippen molar-refractivity contribution in [1.29, 1.82) is 0 Å². The fourth-order valence-electron chi connectivity index (χ4n) is 2.89. The summed E-state index contributed by atoms with van der Waals surface area (Å²) in [7, 11) is 0. The Kier molecular flexibility index (Phi) is 3.87. The molecule has 0 saturated carbocycles. The third-order valence-corrected chi connectivity index (χ3v) is 5.52. The van der Waals surface area contributed by atoms with Gasteiger partial charge in [-0.3, -0.25) is 0 Å². The fourth-order valence-corrected chi connectivity index (χ4v) is 3.99. The standard InChI is InChI=1S/C20H15BrN2S/c1-3-16-12(2)22-18-9-6-14(10-17(16)18)19-11-24-20(23-19)13-4-7-15(21)8-5-13/h3-11,22H,2H2,1H3. The van der Waals surface area contributed by atoms with E-state index in [9.17, 15) is 0 Å². The molecule has 0 amide bonds. The molecule has 0 aliphatic carbocycles. The van der Waals surface area contributed by atoms with Crippen molar-refractivity contribution in [2.75, 3.05) is 0 Å². The van der Waals surface area contributed by atoms with Crippen molar-refractivity contribution in [2.45, 2.75) is 6.92 Å². The number of rotatable bonds is 2. The Morgan fingerprint density at radius 3 is 2.62 bits per heavy atom. The van der Waals surface area contributed by atoms with E-state index in [-0.39, 0.29) is 0 Å². The van der Waals surface area contributed by atoms with Crippen LogP contribution in [0.3, 0.4) is 0 Å². The highest BCUT2D eigenvalue weighted by Crippen LogP contribution is 2.30. The highest BCUT2D eigenvalue weighted by Gasteiger charge is 2.08. The van der Waals surface area contributed by atoms with Gasteiger partial charge in [-0.15, -0.1) is 11.3 Å². The summed E-state index contributed by atoms with van der Waals surface area (Å²) in [5.74, 6) is 0. The smallest absolute Gasteiger partial charge is 0.124 e. The molecule has 0 bridgehead atoms. The van der Waals surface area contributed by atoms with Gasteiger partial charge in [-0.25, -0.2) is 4.98 Å². The van der Waals surface area contributed by atoms with Crippen LogP contribution in [0, 0.1) is 0 Å². The van der Waals surface area contributed by atoms with Crippen LogP contribution in [0.15, 0.2) is 52.3 Å². The van der Waals surface area contributed by atoms with Crippen LogP contribution >= 0.6 is 27.3 Å². The van der Waals surface area contributed by atoms with Gasteiger partial charge in [0.25, 0.3) is 0 Å². The number of hydrogen-bond acceptors (Lipinski definition) is 2. The molecule has 0 radical (unpaired) electrons. The quantitative estimate of drug-likeness (QED) is 0.512. The van der Waals surface area contributed by atoms with Gasteiger partial charge in [0.05, 0.1) is 5.69 Å². The molecule has 0 saturated heterocycles. The van der Waals surface area contributed by atoms with Crippen LogP contribution in [0.25, 0.3) is 45.4 Å². The van der Waals surface area contributed by atoms with Gasteiger partial charge in [0.1, 0.15) is 5.01 Å². The van der Waals surface area contributed by atoms with Crippen molar-refractivity contribution in [2.24, 2.45) is 0 Å². The van der Waals surface area contributed by atoms with Gasteiger partial charge in [0.2, 0.25) is 0 Å². The Morgan fingerprint density at radius 2 is 1.88 bits per heavy atom. The molecule has 0 spiro atoms. The number of H-pyrrole nitrogens is 1. The van der Waals surface area contributed by atoms with E-state index < -0.39 is 0 Å². The summed E-state index contributed by atoms with van der Waals surface area (Å²) in [6.45, 7) is 6.12. The van der Waals surface area contributed by atoms with Gasteiger partial charge in [0, 0.05) is 42.5 Å². The molecule has 118 valence electrons. The Morgan fingerprint density at radius 1 is 1.12 bits per heavy atom. The van der Waals surface area contributed by atoms with Gasteiger partial charge < -0.3 is 4.98 Å². The summed E-state index contributed by atoms with van der Waals surface area (Å²) in [5, 5.41) is 6.46. The van der Waals surface area contributed by atoms with E-state index in [1.807, 2.05) is 19.1 Å². The fraction of sp³-hybridized carbons (Fsp3) is 0.0500. The number of benzene rings is 2. The average molecular weight is 395 g/mol. The molecule has 2 aromatic carbocycles. The first-order valence-electron chi connectivity index (χ1n) is 7.64. The Bertz CT molecular complexity index is 1140. The Balaban J connectivity index is 1.81. The first-order valence-corrected chi connectivity index (χ1v) is 9.32. The zero-order chi connectivity index (χ0) is 16.7. The maximum atomic E-state index is 4.82. The number of nitrogens with one attached hydrogen (secondary N) is 1. The molecule has 0 fully saturated rings. The molecule has 2 aromatic heterocycles. The second-order valence-corrected chi connectivity index (χ2v) is 7.38. The van der Waals surface area contributed by atoms with E-state index in [0.717, 1.165) is 42.4 Å². The molecule has 2 heterocycles. The first kappa shape index (κ1) is 15.4. The summed E-state index contributed by atoms with van der Waals surface area (Å²) in [4.78, 5) is 8.15. The van der Waals surface area contributed by atoms with Crippen molar-refractivity contribution >= 4 is 50.8 Å². The number of nitrogens with zero attached hydrogens (tertiary/aromatic N) is 1. The van der Waals surface area contributed by atoms with Crippen LogP contribution < -0.4 is 10.6 Å². The van der Waals surface area contributed by atoms with Crippen molar-refractivity contribution in [1.82, 2.24) is 9.97 Å². The number of aromatic amines is 1. The van der Waals surface area contributed by atoms with Gasteiger partial charge in [-0.2, -0.15) is 0 Å². The summed E-state index contributed by atoms with van der Waals surface area (Å²) < 4.78 is 1.08. The first-order chi connectivity index (χ1) is 11.7. The topological polar surface area (TPSA) is 28.7 Å². The summed E-state index contributed by atoms with van der Waals surface area (Å²) in [6, 6.07) is 14.7.